The molecule has 0 spiro atoms. The lowest BCUT2D eigenvalue weighted by Crippen LogP contribution is -2.48. The van der Waals surface area contributed by atoms with Crippen LogP contribution in [0.4, 0.5) is 0 Å². The summed E-state index contributed by atoms with van der Waals surface area (Å²) in [6.45, 7) is 0.213. The van der Waals surface area contributed by atoms with Gasteiger partial charge in [0.15, 0.2) is 0 Å². The fraction of sp³-hybridized carbons (Fsp3) is 0.286. The number of sulfonamides is 1. The molecule has 0 fully saturated rings. The van der Waals surface area contributed by atoms with E-state index in [9.17, 15) is 18.0 Å². The lowest BCUT2D eigenvalue weighted by atomic mass is 10.0. The van der Waals surface area contributed by atoms with Crippen molar-refractivity contribution in [1.29, 1.82) is 0 Å². The van der Waals surface area contributed by atoms with E-state index in [1.807, 2.05) is 12.1 Å². The zero-order valence-electron chi connectivity index (χ0n) is 21.4. The van der Waals surface area contributed by atoms with Gasteiger partial charge in [-0.05, 0) is 28.8 Å². The maximum absolute atomic E-state index is 13.9. The summed E-state index contributed by atoms with van der Waals surface area (Å²) in [7, 11) is -2.22. The Balaban J connectivity index is 1.99. The molecule has 2 amide bonds. The van der Waals surface area contributed by atoms with Crippen molar-refractivity contribution in [1.82, 2.24) is 14.5 Å². The summed E-state index contributed by atoms with van der Waals surface area (Å²) < 4.78 is 31.5. The van der Waals surface area contributed by atoms with Crippen LogP contribution in [-0.2, 0) is 37.4 Å². The fourth-order valence-electron chi connectivity index (χ4n) is 3.91. The van der Waals surface area contributed by atoms with Gasteiger partial charge < -0.3 is 15.0 Å². The van der Waals surface area contributed by atoms with Crippen molar-refractivity contribution in [2.24, 2.45) is 0 Å². The van der Waals surface area contributed by atoms with Gasteiger partial charge in [0.05, 0.1) is 19.4 Å². The van der Waals surface area contributed by atoms with Crippen molar-refractivity contribution in [2.75, 3.05) is 33.1 Å². The van der Waals surface area contributed by atoms with Crippen molar-refractivity contribution >= 4 is 33.4 Å². The number of benzene rings is 3. The molecule has 3 aromatic rings. The minimum absolute atomic E-state index is 0.0240. The average molecular weight is 558 g/mol. The van der Waals surface area contributed by atoms with Crippen LogP contribution in [-0.4, -0.2) is 62.5 Å². The van der Waals surface area contributed by atoms with Crippen LogP contribution >= 0.6 is 11.6 Å². The monoisotopic (exact) mass is 557 g/mol. The molecule has 8 nitrogen and oxygen atoms in total. The minimum Gasteiger partial charge on any atom is -0.383 e. The molecule has 1 atom stereocenters. The molecule has 10 heteroatoms. The maximum atomic E-state index is 13.9. The van der Waals surface area contributed by atoms with Crippen LogP contribution in [0, 0.1) is 0 Å². The van der Waals surface area contributed by atoms with E-state index in [0.717, 1.165) is 21.7 Å². The molecule has 38 heavy (non-hydrogen) atoms. The van der Waals surface area contributed by atoms with Crippen molar-refractivity contribution < 1.29 is 22.7 Å². The van der Waals surface area contributed by atoms with E-state index in [1.54, 1.807) is 72.8 Å². The summed E-state index contributed by atoms with van der Waals surface area (Å²) in [5.74, 6) is -0.915. The Morgan fingerprint density at radius 2 is 1.47 bits per heavy atom. The molecule has 3 aromatic carbocycles. The van der Waals surface area contributed by atoms with Gasteiger partial charge in [0, 0.05) is 31.8 Å². The normalized spacial score (nSPS) is 12.2. The predicted molar refractivity (Wildman–Crippen MR) is 148 cm³/mol. The second-order valence-corrected chi connectivity index (χ2v) is 11.2. The Hall–Kier alpha value is -3.24. The van der Waals surface area contributed by atoms with E-state index < -0.39 is 34.4 Å². The molecular weight excluding hydrogens is 526 g/mol. The number of halogens is 1. The minimum atomic E-state index is -3.75. The molecule has 0 aliphatic rings. The van der Waals surface area contributed by atoms with Crippen LogP contribution in [0.2, 0.25) is 5.02 Å². The van der Waals surface area contributed by atoms with E-state index in [1.165, 1.54) is 12.0 Å². The van der Waals surface area contributed by atoms with E-state index >= 15 is 0 Å². The van der Waals surface area contributed by atoms with Crippen molar-refractivity contribution in [3.05, 3.63) is 107 Å². The summed E-state index contributed by atoms with van der Waals surface area (Å²) in [6.07, 6.45) is 1.07. The number of nitrogens with zero attached hydrogens (tertiary/aromatic N) is 2. The number of rotatable bonds is 13. The van der Waals surface area contributed by atoms with Crippen LogP contribution in [0.5, 0.6) is 0 Å². The van der Waals surface area contributed by atoms with Gasteiger partial charge in [-0.3, -0.25) is 9.59 Å². The van der Waals surface area contributed by atoms with Gasteiger partial charge in [-0.1, -0.05) is 84.4 Å². The highest BCUT2D eigenvalue weighted by Gasteiger charge is 2.33. The number of carbonyl (C=O) groups is 2. The standard InChI is InChI=1S/C28H32ClN3O5S/c1-37-18-17-30-28(34)27(24-11-7-4-8-12-24)32(20-23-13-15-25(29)16-14-23)26(33)21-31(38(2,35)36)19-22-9-5-3-6-10-22/h3-16,27H,17-21H2,1-2H3,(H,30,34)/t27-/m0/s1. The van der Waals surface area contributed by atoms with Crippen LogP contribution < -0.4 is 5.32 Å². The largest absolute Gasteiger partial charge is 0.383 e. The van der Waals surface area contributed by atoms with Gasteiger partial charge in [-0.25, -0.2) is 8.42 Å². The summed E-state index contributed by atoms with van der Waals surface area (Å²) in [5, 5.41) is 3.36. The first kappa shape index (κ1) is 29.3. The van der Waals surface area contributed by atoms with Crippen LogP contribution in [0.1, 0.15) is 22.7 Å². The van der Waals surface area contributed by atoms with Gasteiger partial charge in [0.1, 0.15) is 6.04 Å². The topological polar surface area (TPSA) is 96.0 Å². The lowest BCUT2D eigenvalue weighted by molar-refractivity contribution is -0.141. The highest BCUT2D eigenvalue weighted by Crippen LogP contribution is 2.25. The third-order valence-electron chi connectivity index (χ3n) is 5.85. The summed E-state index contributed by atoms with van der Waals surface area (Å²) in [4.78, 5) is 28.8. The highest BCUT2D eigenvalue weighted by atomic mass is 35.5. The molecule has 0 bridgehead atoms. The van der Waals surface area contributed by atoms with Gasteiger partial charge in [0.2, 0.25) is 21.8 Å². The smallest absolute Gasteiger partial charge is 0.247 e. The Bertz CT molecular complexity index is 1290. The Morgan fingerprint density at radius 3 is 2.05 bits per heavy atom. The molecule has 0 saturated carbocycles. The van der Waals surface area contributed by atoms with Gasteiger partial charge in [-0.2, -0.15) is 4.31 Å². The third kappa shape index (κ3) is 8.66. The van der Waals surface area contributed by atoms with E-state index in [0.29, 0.717) is 17.2 Å². The number of methoxy groups -OCH3 is 1. The molecule has 1 N–H and O–H groups in total. The average Bonchev–Trinajstić information content (AvgIpc) is 2.90. The van der Waals surface area contributed by atoms with Gasteiger partial charge >= 0.3 is 0 Å². The summed E-state index contributed by atoms with van der Waals surface area (Å²) in [5.41, 5.74) is 2.08. The Labute approximate surface area is 229 Å². The zero-order chi connectivity index (χ0) is 27.5. The van der Waals surface area contributed by atoms with E-state index in [4.69, 9.17) is 16.3 Å². The fourth-order valence-corrected chi connectivity index (χ4v) is 4.76. The first-order valence-corrected chi connectivity index (χ1v) is 14.3. The molecule has 0 saturated heterocycles. The van der Waals surface area contributed by atoms with Crippen molar-refractivity contribution in [3.63, 3.8) is 0 Å². The van der Waals surface area contributed by atoms with Crippen molar-refractivity contribution in [2.45, 2.75) is 19.1 Å². The highest BCUT2D eigenvalue weighted by molar-refractivity contribution is 7.88. The third-order valence-corrected chi connectivity index (χ3v) is 7.30. The van der Waals surface area contributed by atoms with E-state index in [2.05, 4.69) is 5.32 Å². The maximum Gasteiger partial charge on any atom is 0.247 e. The van der Waals surface area contributed by atoms with Crippen LogP contribution in [0.3, 0.4) is 0 Å². The number of carbonyl (C=O) groups excluding carboxylic acids is 2. The quantitative estimate of drug-likeness (QED) is 0.324. The van der Waals surface area contributed by atoms with Crippen LogP contribution in [0.15, 0.2) is 84.9 Å². The predicted octanol–water partition coefficient (Wildman–Crippen LogP) is 3.63. The molecule has 0 aliphatic carbocycles. The molecular formula is C28H32ClN3O5S. The van der Waals surface area contributed by atoms with Gasteiger partial charge in [-0.15, -0.1) is 0 Å². The number of amides is 2. The van der Waals surface area contributed by atoms with Crippen LogP contribution in [0.25, 0.3) is 0 Å². The molecule has 0 heterocycles. The Kier molecular flexibility index (Phi) is 10.8. The molecule has 202 valence electrons. The molecule has 0 unspecified atom stereocenters. The Morgan fingerprint density at radius 1 is 0.895 bits per heavy atom. The summed E-state index contributed by atoms with van der Waals surface area (Å²) >= 11 is 6.06. The SMILES string of the molecule is COCCNC(=O)[C@H](c1ccccc1)N(Cc1ccc(Cl)cc1)C(=O)CN(Cc1ccccc1)S(C)(=O)=O. The summed E-state index contributed by atoms with van der Waals surface area (Å²) in [6, 6.07) is 23.9. The first-order chi connectivity index (χ1) is 18.2. The molecule has 0 aliphatic heterocycles. The van der Waals surface area contributed by atoms with Crippen molar-refractivity contribution in [3.8, 4) is 0 Å². The molecule has 3 rings (SSSR count). The molecule has 0 radical (unpaired) electrons. The van der Waals surface area contributed by atoms with Gasteiger partial charge in [0.25, 0.3) is 0 Å². The zero-order valence-corrected chi connectivity index (χ0v) is 23.0. The number of hydrogen-bond donors (Lipinski definition) is 1. The first-order valence-electron chi connectivity index (χ1n) is 12.0. The second-order valence-electron chi connectivity index (χ2n) is 8.76. The number of ether oxygens (including phenoxy) is 1. The number of hydrogen-bond acceptors (Lipinski definition) is 5. The lowest BCUT2D eigenvalue weighted by Gasteiger charge is -2.33. The second kappa shape index (κ2) is 14.1. The van der Waals surface area contributed by atoms with E-state index in [-0.39, 0.29) is 19.6 Å². The molecule has 0 aromatic heterocycles. The number of nitrogens with one attached hydrogen (secondary N) is 1.